The Kier molecular flexibility index (Phi) is 9.48. The Hall–Kier alpha value is -3.28. The van der Waals surface area contributed by atoms with E-state index in [2.05, 4.69) is 40.2 Å². The van der Waals surface area contributed by atoms with Gasteiger partial charge in [-0.1, -0.05) is 30.3 Å². The molecule has 5 N–H and O–H groups in total. The molecule has 3 unspecified atom stereocenters. The molecule has 204 valence electrons. The van der Waals surface area contributed by atoms with Gasteiger partial charge in [0.15, 0.2) is 11.5 Å². The third-order valence-corrected chi connectivity index (χ3v) is 7.90. The Morgan fingerprint density at radius 3 is 2.45 bits per heavy atom. The van der Waals surface area contributed by atoms with E-state index in [1.54, 1.807) is 12.1 Å². The van der Waals surface area contributed by atoms with Crippen LogP contribution in [0.2, 0.25) is 0 Å². The summed E-state index contributed by atoms with van der Waals surface area (Å²) in [5, 5.41) is 8.52. The summed E-state index contributed by atoms with van der Waals surface area (Å²) in [5.41, 5.74) is 7.28. The van der Waals surface area contributed by atoms with Crippen LogP contribution in [0.1, 0.15) is 28.8 Å². The van der Waals surface area contributed by atoms with Gasteiger partial charge in [-0.2, -0.15) is 0 Å². The lowest BCUT2D eigenvalue weighted by molar-refractivity contribution is -0.130. The average Bonchev–Trinajstić information content (AvgIpc) is 2.94. The Bertz CT molecular complexity index is 1130. The van der Waals surface area contributed by atoms with Crippen molar-refractivity contribution in [2.75, 3.05) is 33.1 Å². The molecule has 2 fully saturated rings. The number of carbonyl (C=O) groups is 3. The number of hydrogen-bond acceptors (Lipinski definition) is 8. The molecular formula is C27H35N5O5S. The molecule has 3 atom stereocenters. The molecular weight excluding hydrogens is 506 g/mol. The number of nitrogens with zero attached hydrogens (tertiary/aromatic N) is 1. The van der Waals surface area contributed by atoms with Gasteiger partial charge in [-0.15, -0.1) is 11.8 Å². The number of likely N-dealkylation sites (tertiary alicyclic amines) is 1. The number of benzene rings is 2. The molecule has 0 aromatic heterocycles. The minimum absolute atomic E-state index is 0.0432. The van der Waals surface area contributed by atoms with E-state index in [1.165, 1.54) is 37.6 Å². The zero-order valence-corrected chi connectivity index (χ0v) is 22.5. The highest BCUT2D eigenvalue weighted by Crippen LogP contribution is 2.27. The molecule has 2 saturated heterocycles. The van der Waals surface area contributed by atoms with Gasteiger partial charge < -0.3 is 30.7 Å². The van der Waals surface area contributed by atoms with Gasteiger partial charge in [0.2, 0.25) is 11.8 Å². The molecule has 2 aliphatic rings. The van der Waals surface area contributed by atoms with Crippen LogP contribution in [0.3, 0.4) is 0 Å². The molecule has 11 heteroatoms. The summed E-state index contributed by atoms with van der Waals surface area (Å²) in [6, 6.07) is 14.2. The number of amides is 3. The molecule has 0 saturated carbocycles. The van der Waals surface area contributed by atoms with Gasteiger partial charge in [0, 0.05) is 18.7 Å². The third-order valence-electron chi connectivity index (χ3n) is 6.90. The average molecular weight is 542 g/mol. The SMILES string of the molecule is COc1ccc(C(=O)NC2C(=O)NC(SCC(=O)N3CCC(Cc4ccccc4)CC3)NC2N)cc1OC. The number of ether oxygens (including phenoxy) is 2. The van der Waals surface area contributed by atoms with Crippen LogP contribution in [0.15, 0.2) is 48.5 Å². The molecule has 0 radical (unpaired) electrons. The summed E-state index contributed by atoms with van der Waals surface area (Å²) < 4.78 is 10.4. The molecule has 0 bridgehead atoms. The fraction of sp³-hybridized carbons (Fsp3) is 0.444. The highest BCUT2D eigenvalue weighted by molar-refractivity contribution is 8.00. The smallest absolute Gasteiger partial charge is 0.252 e. The van der Waals surface area contributed by atoms with Crippen LogP contribution in [-0.2, 0) is 16.0 Å². The number of hydrogen-bond donors (Lipinski definition) is 4. The number of nitrogens with two attached hydrogens (primary N) is 1. The van der Waals surface area contributed by atoms with E-state index in [1.807, 2.05) is 11.0 Å². The molecule has 4 rings (SSSR count). The van der Waals surface area contributed by atoms with Crippen molar-refractivity contribution < 1.29 is 23.9 Å². The second-order valence-corrected chi connectivity index (χ2v) is 10.5. The molecule has 10 nitrogen and oxygen atoms in total. The van der Waals surface area contributed by atoms with Crippen molar-refractivity contribution in [1.29, 1.82) is 0 Å². The molecule has 38 heavy (non-hydrogen) atoms. The predicted molar refractivity (Wildman–Crippen MR) is 146 cm³/mol. The lowest BCUT2D eigenvalue weighted by atomic mass is 9.90. The van der Waals surface area contributed by atoms with Crippen molar-refractivity contribution in [3.63, 3.8) is 0 Å². The van der Waals surface area contributed by atoms with Crippen LogP contribution in [0.25, 0.3) is 0 Å². The van der Waals surface area contributed by atoms with Crippen molar-refractivity contribution in [1.82, 2.24) is 20.9 Å². The normalized spacial score (nSPS) is 21.9. The highest BCUT2D eigenvalue weighted by Gasteiger charge is 2.36. The molecule has 0 aliphatic carbocycles. The Labute approximate surface area is 227 Å². The van der Waals surface area contributed by atoms with E-state index in [0.29, 0.717) is 23.0 Å². The van der Waals surface area contributed by atoms with Gasteiger partial charge in [-0.25, -0.2) is 0 Å². The summed E-state index contributed by atoms with van der Waals surface area (Å²) >= 11 is 1.28. The second kappa shape index (κ2) is 13.0. The Morgan fingerprint density at radius 1 is 1.08 bits per heavy atom. The summed E-state index contributed by atoms with van der Waals surface area (Å²) in [5.74, 6) is 0.841. The Morgan fingerprint density at radius 2 is 1.79 bits per heavy atom. The first-order chi connectivity index (χ1) is 18.4. The van der Waals surface area contributed by atoms with Crippen molar-refractivity contribution in [2.45, 2.75) is 37.0 Å². The van der Waals surface area contributed by atoms with Crippen molar-refractivity contribution >= 4 is 29.5 Å². The van der Waals surface area contributed by atoms with E-state index >= 15 is 0 Å². The van der Waals surface area contributed by atoms with Crippen LogP contribution in [0.5, 0.6) is 11.5 Å². The van der Waals surface area contributed by atoms with Crippen LogP contribution in [0.4, 0.5) is 0 Å². The third kappa shape index (κ3) is 6.97. The first-order valence-corrected chi connectivity index (χ1v) is 13.7. The second-order valence-electron chi connectivity index (χ2n) is 9.43. The minimum atomic E-state index is -0.980. The number of nitrogens with one attached hydrogen (secondary N) is 3. The van der Waals surface area contributed by atoms with E-state index in [9.17, 15) is 14.4 Å². The summed E-state index contributed by atoms with van der Waals surface area (Å²) in [6.07, 6.45) is 2.18. The first-order valence-electron chi connectivity index (χ1n) is 12.7. The Balaban J connectivity index is 1.22. The minimum Gasteiger partial charge on any atom is -0.493 e. The maximum absolute atomic E-state index is 12.8. The summed E-state index contributed by atoms with van der Waals surface area (Å²) in [7, 11) is 2.98. The monoisotopic (exact) mass is 541 g/mol. The lowest BCUT2D eigenvalue weighted by Gasteiger charge is -2.36. The van der Waals surface area contributed by atoms with Gasteiger partial charge in [0.25, 0.3) is 5.91 Å². The first kappa shape index (κ1) is 27.7. The van der Waals surface area contributed by atoms with Gasteiger partial charge in [0.05, 0.1) is 26.1 Å². The maximum Gasteiger partial charge on any atom is 0.252 e. The predicted octanol–water partition coefficient (Wildman–Crippen LogP) is 1.30. The number of carbonyl (C=O) groups excluding carboxylic acids is 3. The van der Waals surface area contributed by atoms with Gasteiger partial charge in [-0.05, 0) is 48.9 Å². The van der Waals surface area contributed by atoms with Crippen molar-refractivity contribution in [2.24, 2.45) is 11.7 Å². The van der Waals surface area contributed by atoms with E-state index < -0.39 is 29.5 Å². The van der Waals surface area contributed by atoms with E-state index in [0.717, 1.165) is 32.4 Å². The maximum atomic E-state index is 12.8. The summed E-state index contributed by atoms with van der Waals surface area (Å²) in [4.78, 5) is 40.2. The fourth-order valence-electron chi connectivity index (χ4n) is 4.72. The van der Waals surface area contributed by atoms with Gasteiger partial charge >= 0.3 is 0 Å². The molecule has 2 aromatic carbocycles. The molecule has 2 aliphatic heterocycles. The molecule has 2 heterocycles. The zero-order valence-electron chi connectivity index (χ0n) is 21.6. The van der Waals surface area contributed by atoms with E-state index in [4.69, 9.17) is 15.2 Å². The quantitative estimate of drug-likeness (QED) is 0.373. The van der Waals surface area contributed by atoms with Crippen molar-refractivity contribution in [3.05, 3.63) is 59.7 Å². The number of thioether (sulfide) groups is 1. The lowest BCUT2D eigenvalue weighted by Crippen LogP contribution is -2.70. The molecule has 0 spiro atoms. The van der Waals surface area contributed by atoms with Gasteiger partial charge in [0.1, 0.15) is 11.5 Å². The topological polar surface area (TPSA) is 135 Å². The number of piperidine rings is 1. The molecule has 3 amide bonds. The standard InChI is InChI=1S/C27H35N5O5S/c1-36-20-9-8-19(15-21(20)37-2)25(34)29-23-24(28)30-27(31-26(23)35)38-16-22(33)32-12-10-18(11-13-32)14-17-6-4-3-5-7-17/h3-9,15,18,23-24,27,30H,10-14,16,28H2,1-2H3,(H,29,34)(H,31,35). The molecule has 2 aromatic rings. The van der Waals surface area contributed by atoms with Crippen LogP contribution in [0, 0.1) is 5.92 Å². The van der Waals surface area contributed by atoms with Crippen LogP contribution < -0.4 is 31.2 Å². The highest BCUT2D eigenvalue weighted by atomic mass is 32.2. The van der Waals surface area contributed by atoms with Gasteiger partial charge in [-0.3, -0.25) is 19.7 Å². The van der Waals surface area contributed by atoms with E-state index in [-0.39, 0.29) is 11.7 Å². The van der Waals surface area contributed by atoms with Crippen LogP contribution in [-0.4, -0.2) is 73.4 Å². The largest absolute Gasteiger partial charge is 0.493 e. The fourth-order valence-corrected chi connectivity index (χ4v) is 5.67. The number of rotatable bonds is 9. The van der Waals surface area contributed by atoms with Crippen molar-refractivity contribution in [3.8, 4) is 11.5 Å². The summed E-state index contributed by atoms with van der Waals surface area (Å²) in [6.45, 7) is 1.48. The van der Waals surface area contributed by atoms with Crippen LogP contribution >= 0.6 is 11.8 Å². The number of methoxy groups -OCH3 is 2. The zero-order chi connectivity index (χ0) is 27.1.